The first-order chi connectivity index (χ1) is 9.70. The molecule has 1 saturated heterocycles. The van der Waals surface area contributed by atoms with Crippen molar-refractivity contribution in [3.63, 3.8) is 0 Å². The van der Waals surface area contributed by atoms with Crippen molar-refractivity contribution in [2.24, 2.45) is 5.73 Å². The summed E-state index contributed by atoms with van der Waals surface area (Å²) in [7, 11) is 1.67. The monoisotopic (exact) mass is 282 g/mol. The van der Waals surface area contributed by atoms with Crippen LogP contribution in [0.15, 0.2) is 18.2 Å². The fourth-order valence-electron chi connectivity index (χ4n) is 2.47. The molecule has 1 aromatic carbocycles. The molecule has 2 N–H and O–H groups in total. The lowest BCUT2D eigenvalue weighted by molar-refractivity contribution is 0.172. The minimum absolute atomic E-state index is 0.147. The maximum Gasteiger partial charge on any atom is 0.142 e. The molecule has 0 radical (unpaired) electrons. The Morgan fingerprint density at radius 3 is 3.00 bits per heavy atom. The maximum atomic E-state index is 13.5. The molecular weight excluding hydrogens is 259 g/mol. The van der Waals surface area contributed by atoms with E-state index in [0.29, 0.717) is 13.2 Å². The van der Waals surface area contributed by atoms with Gasteiger partial charge in [-0.2, -0.15) is 0 Å². The molecule has 1 unspecified atom stereocenters. The first kappa shape index (κ1) is 15.1. The lowest BCUT2D eigenvalue weighted by atomic mass is 10.1. The SMILES string of the molecule is COCCCOc1ccc(F)cc1N1CCCC(N)C1. The molecule has 20 heavy (non-hydrogen) atoms. The highest BCUT2D eigenvalue weighted by molar-refractivity contribution is 5.59. The lowest BCUT2D eigenvalue weighted by Crippen LogP contribution is -2.43. The molecule has 0 saturated carbocycles. The summed E-state index contributed by atoms with van der Waals surface area (Å²) in [6.45, 7) is 2.86. The fraction of sp³-hybridized carbons (Fsp3) is 0.600. The van der Waals surface area contributed by atoms with Gasteiger partial charge in [0, 0.05) is 45.3 Å². The first-order valence-electron chi connectivity index (χ1n) is 7.12. The third-order valence-electron chi connectivity index (χ3n) is 3.47. The highest BCUT2D eigenvalue weighted by Gasteiger charge is 2.20. The number of anilines is 1. The number of nitrogens with two attached hydrogens (primary N) is 1. The van der Waals surface area contributed by atoms with Gasteiger partial charge in [-0.1, -0.05) is 0 Å². The molecule has 112 valence electrons. The number of rotatable bonds is 6. The average Bonchev–Trinajstić information content (AvgIpc) is 2.45. The van der Waals surface area contributed by atoms with Crippen LogP contribution in [0.5, 0.6) is 5.75 Å². The number of benzene rings is 1. The quantitative estimate of drug-likeness (QED) is 0.812. The Hall–Kier alpha value is -1.33. The Kier molecular flexibility index (Phi) is 5.61. The minimum Gasteiger partial charge on any atom is -0.491 e. The molecule has 4 nitrogen and oxygen atoms in total. The Balaban J connectivity index is 2.06. The van der Waals surface area contributed by atoms with Gasteiger partial charge in [0.15, 0.2) is 0 Å². The summed E-state index contributed by atoms with van der Waals surface area (Å²) in [5.41, 5.74) is 6.80. The van der Waals surface area contributed by atoms with Gasteiger partial charge in [-0.3, -0.25) is 0 Å². The van der Waals surface area contributed by atoms with E-state index in [9.17, 15) is 4.39 Å². The standard InChI is InChI=1S/C15H23FN2O2/c1-19-8-3-9-20-15-6-5-12(16)10-14(15)18-7-2-4-13(17)11-18/h5-6,10,13H,2-4,7-9,11,17H2,1H3. The summed E-state index contributed by atoms with van der Waals surface area (Å²) in [6.07, 6.45) is 2.86. The van der Waals surface area contributed by atoms with Crippen LogP contribution in [0.3, 0.4) is 0 Å². The van der Waals surface area contributed by atoms with Crippen molar-refractivity contribution < 1.29 is 13.9 Å². The first-order valence-corrected chi connectivity index (χ1v) is 7.12. The van der Waals surface area contributed by atoms with Gasteiger partial charge in [0.05, 0.1) is 12.3 Å². The van der Waals surface area contributed by atoms with Gasteiger partial charge in [-0.15, -0.1) is 0 Å². The van der Waals surface area contributed by atoms with Crippen LogP contribution in [-0.2, 0) is 4.74 Å². The van der Waals surface area contributed by atoms with E-state index < -0.39 is 0 Å². The highest BCUT2D eigenvalue weighted by atomic mass is 19.1. The van der Waals surface area contributed by atoms with Crippen LogP contribution in [-0.4, -0.2) is 39.5 Å². The number of hydrogen-bond acceptors (Lipinski definition) is 4. The van der Waals surface area contributed by atoms with Crippen LogP contribution in [0.1, 0.15) is 19.3 Å². The van der Waals surface area contributed by atoms with Crippen molar-refractivity contribution in [2.45, 2.75) is 25.3 Å². The topological polar surface area (TPSA) is 47.7 Å². The highest BCUT2D eigenvalue weighted by Crippen LogP contribution is 2.31. The molecule has 1 heterocycles. The molecule has 2 rings (SSSR count). The van der Waals surface area contributed by atoms with Crippen molar-refractivity contribution in [1.29, 1.82) is 0 Å². The number of hydrogen-bond donors (Lipinski definition) is 1. The fourth-order valence-corrected chi connectivity index (χ4v) is 2.47. The zero-order chi connectivity index (χ0) is 14.4. The van der Waals surface area contributed by atoms with Crippen LogP contribution in [0, 0.1) is 5.82 Å². The molecule has 0 amide bonds. The van der Waals surface area contributed by atoms with E-state index in [-0.39, 0.29) is 11.9 Å². The predicted molar refractivity (Wildman–Crippen MR) is 77.8 cm³/mol. The number of ether oxygens (including phenoxy) is 2. The van der Waals surface area contributed by atoms with Gasteiger partial charge in [0.2, 0.25) is 0 Å². The van der Waals surface area contributed by atoms with Crippen LogP contribution in [0.4, 0.5) is 10.1 Å². The van der Waals surface area contributed by atoms with E-state index in [0.717, 1.165) is 43.8 Å². The van der Waals surface area contributed by atoms with E-state index in [1.54, 1.807) is 13.2 Å². The van der Waals surface area contributed by atoms with Crippen molar-refractivity contribution in [1.82, 2.24) is 0 Å². The van der Waals surface area contributed by atoms with Crippen molar-refractivity contribution >= 4 is 5.69 Å². The zero-order valence-electron chi connectivity index (χ0n) is 12.0. The molecule has 0 spiro atoms. The van der Waals surface area contributed by atoms with E-state index in [1.165, 1.54) is 12.1 Å². The second kappa shape index (κ2) is 7.45. The molecule has 0 bridgehead atoms. The van der Waals surface area contributed by atoms with Gasteiger partial charge in [-0.25, -0.2) is 4.39 Å². The van der Waals surface area contributed by atoms with E-state index in [4.69, 9.17) is 15.2 Å². The summed E-state index contributed by atoms with van der Waals surface area (Å²) in [5.74, 6) is 0.472. The molecule has 0 aromatic heterocycles. The average molecular weight is 282 g/mol. The smallest absolute Gasteiger partial charge is 0.142 e. The van der Waals surface area contributed by atoms with Gasteiger partial charge >= 0.3 is 0 Å². The van der Waals surface area contributed by atoms with E-state index in [1.807, 2.05) is 0 Å². The minimum atomic E-state index is -0.247. The maximum absolute atomic E-state index is 13.5. The summed E-state index contributed by atoms with van der Waals surface area (Å²) < 4.78 is 24.3. The third kappa shape index (κ3) is 4.08. The van der Waals surface area contributed by atoms with E-state index in [2.05, 4.69) is 4.90 Å². The number of methoxy groups -OCH3 is 1. The second-order valence-corrected chi connectivity index (χ2v) is 5.16. The molecule has 0 aliphatic carbocycles. The number of nitrogens with zero attached hydrogens (tertiary/aromatic N) is 1. The Labute approximate surface area is 119 Å². The van der Waals surface area contributed by atoms with Gasteiger partial charge in [-0.05, 0) is 25.0 Å². The van der Waals surface area contributed by atoms with Crippen LogP contribution < -0.4 is 15.4 Å². The molecular formula is C15H23FN2O2. The van der Waals surface area contributed by atoms with Crippen molar-refractivity contribution in [3.05, 3.63) is 24.0 Å². The summed E-state index contributed by atoms with van der Waals surface area (Å²) >= 11 is 0. The summed E-state index contributed by atoms with van der Waals surface area (Å²) in [5, 5.41) is 0. The molecule has 1 atom stereocenters. The Morgan fingerprint density at radius 2 is 2.25 bits per heavy atom. The van der Waals surface area contributed by atoms with Gasteiger partial charge in [0.1, 0.15) is 11.6 Å². The summed E-state index contributed by atoms with van der Waals surface area (Å²) in [6, 6.07) is 4.80. The lowest BCUT2D eigenvalue weighted by Gasteiger charge is -2.33. The van der Waals surface area contributed by atoms with Crippen LogP contribution in [0.2, 0.25) is 0 Å². The van der Waals surface area contributed by atoms with Crippen LogP contribution in [0.25, 0.3) is 0 Å². The summed E-state index contributed by atoms with van der Waals surface area (Å²) in [4.78, 5) is 2.11. The second-order valence-electron chi connectivity index (χ2n) is 5.16. The zero-order valence-corrected chi connectivity index (χ0v) is 12.0. The largest absolute Gasteiger partial charge is 0.491 e. The number of piperidine rings is 1. The molecule has 1 aliphatic heterocycles. The van der Waals surface area contributed by atoms with Gasteiger partial charge < -0.3 is 20.1 Å². The molecule has 1 aliphatic rings. The molecule has 5 heteroatoms. The Morgan fingerprint density at radius 1 is 1.40 bits per heavy atom. The Bertz CT molecular complexity index is 428. The normalized spacial score (nSPS) is 19.1. The van der Waals surface area contributed by atoms with Gasteiger partial charge in [0.25, 0.3) is 0 Å². The number of halogens is 1. The third-order valence-corrected chi connectivity index (χ3v) is 3.47. The molecule has 1 fully saturated rings. The van der Waals surface area contributed by atoms with Crippen LogP contribution >= 0.6 is 0 Å². The van der Waals surface area contributed by atoms with Crippen molar-refractivity contribution in [2.75, 3.05) is 38.3 Å². The molecule has 1 aromatic rings. The van der Waals surface area contributed by atoms with E-state index >= 15 is 0 Å². The predicted octanol–water partition coefficient (Wildman–Crippen LogP) is 2.17. The van der Waals surface area contributed by atoms with Crippen molar-refractivity contribution in [3.8, 4) is 5.75 Å².